The van der Waals surface area contributed by atoms with Crippen LogP contribution in [0.25, 0.3) is 5.69 Å². The average molecular weight is 375 g/mol. The van der Waals surface area contributed by atoms with Crippen LogP contribution in [0, 0.1) is 0 Å². The van der Waals surface area contributed by atoms with Crippen molar-refractivity contribution in [1.29, 1.82) is 0 Å². The lowest BCUT2D eigenvalue weighted by molar-refractivity contribution is -0.137. The second kappa shape index (κ2) is 6.83. The summed E-state index contributed by atoms with van der Waals surface area (Å²) < 4.78 is 42.1. The summed E-state index contributed by atoms with van der Waals surface area (Å²) in [7, 11) is 1.93. The Morgan fingerprint density at radius 2 is 1.78 bits per heavy atom. The van der Waals surface area contributed by atoms with Crippen LogP contribution in [-0.2, 0) is 26.1 Å². The van der Waals surface area contributed by atoms with Crippen molar-refractivity contribution >= 4 is 0 Å². The molecular formula is C19H20F3N5. The molecule has 0 amide bonds. The Hall–Kier alpha value is -2.64. The van der Waals surface area contributed by atoms with E-state index in [2.05, 4.69) is 10.1 Å². The molecule has 4 rings (SSSR count). The van der Waals surface area contributed by atoms with Gasteiger partial charge in [0.2, 0.25) is 0 Å². The van der Waals surface area contributed by atoms with Gasteiger partial charge >= 0.3 is 6.18 Å². The number of nitrogens with zero attached hydrogens (tertiary/aromatic N) is 5. The van der Waals surface area contributed by atoms with Crippen LogP contribution in [0.1, 0.15) is 48.2 Å². The Morgan fingerprint density at radius 3 is 2.33 bits per heavy atom. The molecule has 0 bridgehead atoms. The number of hydrogen-bond acceptors (Lipinski definition) is 3. The van der Waals surface area contributed by atoms with Gasteiger partial charge in [0.05, 0.1) is 11.3 Å². The molecule has 1 aliphatic rings. The summed E-state index contributed by atoms with van der Waals surface area (Å²) in [5, 5.41) is 4.61. The number of alkyl halides is 3. The summed E-state index contributed by atoms with van der Waals surface area (Å²) in [6.45, 7) is 0. The van der Waals surface area contributed by atoms with Gasteiger partial charge in [-0.1, -0.05) is 6.42 Å². The maximum Gasteiger partial charge on any atom is 0.416 e. The minimum atomic E-state index is -4.35. The maximum atomic E-state index is 12.8. The quantitative estimate of drug-likeness (QED) is 0.675. The van der Waals surface area contributed by atoms with Crippen molar-refractivity contribution in [3.05, 3.63) is 59.7 Å². The first kappa shape index (κ1) is 17.8. The highest BCUT2D eigenvalue weighted by molar-refractivity contribution is 5.36. The van der Waals surface area contributed by atoms with Crippen LogP contribution in [0.5, 0.6) is 0 Å². The SMILES string of the molecule is Cn1ccnc1CCc1nc(C2CCC2)nn1-c1ccc(C(F)(F)F)cc1. The fourth-order valence-electron chi connectivity index (χ4n) is 3.22. The molecule has 0 atom stereocenters. The van der Waals surface area contributed by atoms with Gasteiger partial charge in [0.1, 0.15) is 11.6 Å². The number of aromatic nitrogens is 5. The van der Waals surface area contributed by atoms with Crippen LogP contribution in [0.15, 0.2) is 36.7 Å². The number of imidazole rings is 1. The first-order valence-corrected chi connectivity index (χ1v) is 9.01. The molecule has 0 aliphatic heterocycles. The van der Waals surface area contributed by atoms with Gasteiger partial charge in [0.15, 0.2) is 5.82 Å². The Balaban J connectivity index is 1.63. The van der Waals surface area contributed by atoms with Crippen LogP contribution < -0.4 is 0 Å². The average Bonchev–Trinajstić information content (AvgIpc) is 3.17. The third-order valence-corrected chi connectivity index (χ3v) is 5.09. The second-order valence-electron chi connectivity index (χ2n) is 6.92. The summed E-state index contributed by atoms with van der Waals surface area (Å²) in [5.74, 6) is 2.82. The lowest BCUT2D eigenvalue weighted by atomic mass is 9.85. The maximum absolute atomic E-state index is 12.8. The fraction of sp³-hybridized carbons (Fsp3) is 0.421. The van der Waals surface area contributed by atoms with Crippen molar-refractivity contribution in [1.82, 2.24) is 24.3 Å². The zero-order valence-corrected chi connectivity index (χ0v) is 14.9. The Labute approximate surface area is 154 Å². The van der Waals surface area contributed by atoms with Gasteiger partial charge in [-0.15, -0.1) is 0 Å². The molecule has 1 fully saturated rings. The summed E-state index contributed by atoms with van der Waals surface area (Å²) in [5.41, 5.74) is -0.0731. The van der Waals surface area contributed by atoms with Crippen LogP contribution in [0.2, 0.25) is 0 Å². The molecular weight excluding hydrogens is 355 g/mol. The van der Waals surface area contributed by atoms with Crippen molar-refractivity contribution < 1.29 is 13.2 Å². The summed E-state index contributed by atoms with van der Waals surface area (Å²) in [6.07, 6.45) is 3.89. The van der Waals surface area contributed by atoms with E-state index >= 15 is 0 Å². The molecule has 142 valence electrons. The summed E-state index contributed by atoms with van der Waals surface area (Å²) >= 11 is 0. The van der Waals surface area contributed by atoms with Gasteiger partial charge in [-0.05, 0) is 37.1 Å². The van der Waals surface area contributed by atoms with Gasteiger partial charge in [0.25, 0.3) is 0 Å². The van der Waals surface area contributed by atoms with Gasteiger partial charge in [-0.2, -0.15) is 18.3 Å². The molecule has 1 aromatic carbocycles. The zero-order valence-electron chi connectivity index (χ0n) is 14.9. The molecule has 1 saturated carbocycles. The van der Waals surface area contributed by atoms with E-state index in [0.717, 1.165) is 42.4 Å². The fourth-order valence-corrected chi connectivity index (χ4v) is 3.22. The molecule has 0 spiro atoms. The van der Waals surface area contributed by atoms with Crippen LogP contribution in [0.4, 0.5) is 13.2 Å². The zero-order chi connectivity index (χ0) is 19.0. The molecule has 0 saturated heterocycles. The highest BCUT2D eigenvalue weighted by Crippen LogP contribution is 2.35. The third-order valence-electron chi connectivity index (χ3n) is 5.09. The molecule has 27 heavy (non-hydrogen) atoms. The first-order valence-electron chi connectivity index (χ1n) is 9.01. The number of aryl methyl sites for hydroxylation is 3. The van der Waals surface area contributed by atoms with E-state index in [0.29, 0.717) is 24.4 Å². The Bertz CT molecular complexity index is 920. The van der Waals surface area contributed by atoms with Gasteiger partial charge in [-0.3, -0.25) is 0 Å². The number of hydrogen-bond donors (Lipinski definition) is 0. The minimum Gasteiger partial charge on any atom is -0.338 e. The molecule has 1 aliphatic carbocycles. The number of benzene rings is 1. The molecule has 0 N–H and O–H groups in total. The van der Waals surface area contributed by atoms with Crippen molar-refractivity contribution in [2.24, 2.45) is 7.05 Å². The predicted molar refractivity (Wildman–Crippen MR) is 93.6 cm³/mol. The van der Waals surface area contributed by atoms with E-state index in [9.17, 15) is 13.2 Å². The number of halogens is 3. The van der Waals surface area contributed by atoms with E-state index in [-0.39, 0.29) is 0 Å². The van der Waals surface area contributed by atoms with Gasteiger partial charge in [-0.25, -0.2) is 14.6 Å². The minimum absolute atomic E-state index is 0.354. The van der Waals surface area contributed by atoms with Crippen LogP contribution >= 0.6 is 0 Å². The molecule has 2 heterocycles. The highest BCUT2D eigenvalue weighted by Gasteiger charge is 2.30. The highest BCUT2D eigenvalue weighted by atomic mass is 19.4. The van der Waals surface area contributed by atoms with E-state index in [1.807, 2.05) is 17.8 Å². The molecule has 0 radical (unpaired) electrons. The van der Waals surface area contributed by atoms with E-state index < -0.39 is 11.7 Å². The van der Waals surface area contributed by atoms with E-state index in [1.54, 1.807) is 10.9 Å². The summed E-state index contributed by atoms with van der Waals surface area (Å²) in [4.78, 5) is 9.02. The van der Waals surface area contributed by atoms with E-state index in [4.69, 9.17) is 4.98 Å². The normalized spacial score (nSPS) is 15.1. The lowest BCUT2D eigenvalue weighted by Crippen LogP contribution is -2.11. The third kappa shape index (κ3) is 3.61. The predicted octanol–water partition coefficient (Wildman–Crippen LogP) is 4.07. The first-order chi connectivity index (χ1) is 12.9. The molecule has 0 unspecified atom stereocenters. The summed E-state index contributed by atoms with van der Waals surface area (Å²) in [6, 6.07) is 5.07. The molecule has 8 heteroatoms. The largest absolute Gasteiger partial charge is 0.416 e. The van der Waals surface area contributed by atoms with Crippen molar-refractivity contribution in [2.75, 3.05) is 0 Å². The van der Waals surface area contributed by atoms with Gasteiger partial charge < -0.3 is 4.57 Å². The van der Waals surface area contributed by atoms with Crippen LogP contribution in [0.3, 0.4) is 0 Å². The van der Waals surface area contributed by atoms with Crippen LogP contribution in [-0.4, -0.2) is 24.3 Å². The van der Waals surface area contributed by atoms with Crippen molar-refractivity contribution in [2.45, 2.75) is 44.2 Å². The number of rotatable bonds is 5. The topological polar surface area (TPSA) is 48.5 Å². The molecule has 5 nitrogen and oxygen atoms in total. The standard InChI is InChI=1S/C19H20F3N5/c1-26-12-11-23-16(26)9-10-17-24-18(13-3-2-4-13)25-27(17)15-7-5-14(6-8-15)19(20,21)22/h5-8,11-13H,2-4,9-10H2,1H3. The van der Waals surface area contributed by atoms with Gasteiger partial charge in [0, 0.05) is 38.2 Å². The van der Waals surface area contributed by atoms with E-state index in [1.165, 1.54) is 18.6 Å². The smallest absolute Gasteiger partial charge is 0.338 e. The monoisotopic (exact) mass is 375 g/mol. The lowest BCUT2D eigenvalue weighted by Gasteiger charge is -2.21. The van der Waals surface area contributed by atoms with Crippen molar-refractivity contribution in [3.8, 4) is 5.69 Å². The molecule has 2 aromatic heterocycles. The second-order valence-corrected chi connectivity index (χ2v) is 6.92. The van der Waals surface area contributed by atoms with Crippen molar-refractivity contribution in [3.63, 3.8) is 0 Å². The Kier molecular flexibility index (Phi) is 4.49. The Morgan fingerprint density at radius 1 is 1.07 bits per heavy atom. The molecule has 3 aromatic rings.